The van der Waals surface area contributed by atoms with E-state index in [1.165, 1.54) is 0 Å². The minimum atomic E-state index is -0.505. The SMILES string of the molecule is NCCC[C@@H](N)C(=O)Nc1ccc2ccccc2c1. The zero-order valence-electron chi connectivity index (χ0n) is 10.8. The molecule has 4 heteroatoms. The van der Waals surface area contributed by atoms with Crippen molar-refractivity contribution in [2.75, 3.05) is 11.9 Å². The summed E-state index contributed by atoms with van der Waals surface area (Å²) in [5.41, 5.74) is 12.0. The van der Waals surface area contributed by atoms with Gasteiger partial charge in [0, 0.05) is 5.69 Å². The predicted molar refractivity (Wildman–Crippen MR) is 78.8 cm³/mol. The van der Waals surface area contributed by atoms with Gasteiger partial charge >= 0.3 is 0 Å². The lowest BCUT2D eigenvalue weighted by atomic mass is 10.1. The molecule has 5 N–H and O–H groups in total. The highest BCUT2D eigenvalue weighted by molar-refractivity contribution is 5.97. The van der Waals surface area contributed by atoms with Crippen molar-refractivity contribution in [3.63, 3.8) is 0 Å². The van der Waals surface area contributed by atoms with E-state index in [0.29, 0.717) is 13.0 Å². The molecule has 100 valence electrons. The molecule has 0 fully saturated rings. The van der Waals surface area contributed by atoms with Gasteiger partial charge in [-0.05, 0) is 42.3 Å². The summed E-state index contributed by atoms with van der Waals surface area (Å²) in [5, 5.41) is 5.08. The third-order valence-electron chi connectivity index (χ3n) is 3.07. The van der Waals surface area contributed by atoms with Gasteiger partial charge in [-0.25, -0.2) is 0 Å². The standard InChI is InChI=1S/C15H19N3O/c16-9-3-6-14(17)15(19)18-13-8-7-11-4-1-2-5-12(11)10-13/h1-2,4-5,7-8,10,14H,3,6,9,16-17H2,(H,18,19)/t14-/m1/s1. The van der Waals surface area contributed by atoms with Gasteiger partial charge in [0.2, 0.25) is 5.91 Å². The molecular formula is C15H19N3O. The van der Waals surface area contributed by atoms with Gasteiger partial charge in [0.25, 0.3) is 0 Å². The molecular weight excluding hydrogens is 238 g/mol. The molecule has 1 atom stereocenters. The fourth-order valence-corrected chi connectivity index (χ4v) is 1.97. The van der Waals surface area contributed by atoms with Gasteiger partial charge < -0.3 is 16.8 Å². The summed E-state index contributed by atoms with van der Waals surface area (Å²) in [6.07, 6.45) is 1.36. The number of hydrogen-bond donors (Lipinski definition) is 3. The molecule has 0 aromatic heterocycles. The average Bonchev–Trinajstić information content (AvgIpc) is 2.44. The number of carbonyl (C=O) groups excluding carboxylic acids is 1. The molecule has 2 aromatic rings. The Labute approximate surface area is 112 Å². The molecule has 0 unspecified atom stereocenters. The molecule has 4 nitrogen and oxygen atoms in total. The third-order valence-corrected chi connectivity index (χ3v) is 3.07. The zero-order valence-corrected chi connectivity index (χ0v) is 10.8. The molecule has 0 radical (unpaired) electrons. The first-order valence-electron chi connectivity index (χ1n) is 6.46. The fraction of sp³-hybridized carbons (Fsp3) is 0.267. The van der Waals surface area contributed by atoms with Crippen LogP contribution in [0.2, 0.25) is 0 Å². The fourth-order valence-electron chi connectivity index (χ4n) is 1.97. The van der Waals surface area contributed by atoms with Gasteiger partial charge in [0.05, 0.1) is 6.04 Å². The Hall–Kier alpha value is -1.91. The second kappa shape index (κ2) is 6.31. The number of hydrogen-bond acceptors (Lipinski definition) is 3. The number of anilines is 1. The summed E-state index contributed by atoms with van der Waals surface area (Å²) in [5.74, 6) is -0.163. The second-order valence-electron chi connectivity index (χ2n) is 4.59. The maximum absolute atomic E-state index is 11.9. The molecule has 0 aliphatic carbocycles. The van der Waals surface area contributed by atoms with Crippen molar-refractivity contribution in [3.05, 3.63) is 42.5 Å². The maximum Gasteiger partial charge on any atom is 0.241 e. The molecule has 19 heavy (non-hydrogen) atoms. The topological polar surface area (TPSA) is 81.1 Å². The number of nitrogens with two attached hydrogens (primary N) is 2. The quantitative estimate of drug-likeness (QED) is 0.764. The van der Waals surface area contributed by atoms with Gasteiger partial charge in [0.1, 0.15) is 0 Å². The molecule has 0 saturated carbocycles. The van der Waals surface area contributed by atoms with E-state index < -0.39 is 6.04 Å². The lowest BCUT2D eigenvalue weighted by Crippen LogP contribution is -2.35. The van der Waals surface area contributed by atoms with E-state index in [1.54, 1.807) is 0 Å². The molecule has 0 aliphatic rings. The number of rotatable bonds is 5. The van der Waals surface area contributed by atoms with Crippen molar-refractivity contribution in [1.29, 1.82) is 0 Å². The van der Waals surface area contributed by atoms with Crippen LogP contribution in [-0.2, 0) is 4.79 Å². The van der Waals surface area contributed by atoms with Crippen molar-refractivity contribution in [2.45, 2.75) is 18.9 Å². The average molecular weight is 257 g/mol. The summed E-state index contributed by atoms with van der Waals surface area (Å²) in [4.78, 5) is 11.9. The van der Waals surface area contributed by atoms with Crippen LogP contribution in [0.1, 0.15) is 12.8 Å². The van der Waals surface area contributed by atoms with Crippen molar-refractivity contribution in [1.82, 2.24) is 0 Å². The summed E-state index contributed by atoms with van der Waals surface area (Å²) in [7, 11) is 0. The molecule has 2 rings (SSSR count). The van der Waals surface area contributed by atoms with Crippen LogP contribution in [0.3, 0.4) is 0 Å². The maximum atomic E-state index is 11.9. The summed E-state index contributed by atoms with van der Waals surface area (Å²) in [6.45, 7) is 0.553. The third kappa shape index (κ3) is 3.53. The van der Waals surface area contributed by atoms with E-state index in [9.17, 15) is 4.79 Å². The van der Waals surface area contributed by atoms with Crippen LogP contribution in [0, 0.1) is 0 Å². The number of carbonyl (C=O) groups is 1. The Balaban J connectivity index is 2.06. The Bertz CT molecular complexity index is 568. The van der Waals surface area contributed by atoms with E-state index in [2.05, 4.69) is 5.32 Å². The van der Waals surface area contributed by atoms with Crippen molar-refractivity contribution >= 4 is 22.4 Å². The first kappa shape index (κ1) is 13.5. The van der Waals surface area contributed by atoms with Crippen LogP contribution < -0.4 is 16.8 Å². The number of benzene rings is 2. The Morgan fingerprint density at radius 1 is 1.16 bits per heavy atom. The summed E-state index contributed by atoms with van der Waals surface area (Å²) < 4.78 is 0. The van der Waals surface area contributed by atoms with Crippen LogP contribution >= 0.6 is 0 Å². The van der Waals surface area contributed by atoms with E-state index in [1.807, 2.05) is 42.5 Å². The zero-order chi connectivity index (χ0) is 13.7. The molecule has 0 saturated heterocycles. The Kier molecular flexibility index (Phi) is 4.49. The summed E-state index contributed by atoms with van der Waals surface area (Å²) in [6, 6.07) is 13.3. The Morgan fingerprint density at radius 2 is 1.89 bits per heavy atom. The molecule has 0 aliphatic heterocycles. The van der Waals surface area contributed by atoms with E-state index in [4.69, 9.17) is 11.5 Å². The van der Waals surface area contributed by atoms with Gasteiger partial charge in [-0.3, -0.25) is 4.79 Å². The minimum Gasteiger partial charge on any atom is -0.330 e. The van der Waals surface area contributed by atoms with E-state index in [0.717, 1.165) is 22.9 Å². The summed E-state index contributed by atoms with van der Waals surface area (Å²) >= 11 is 0. The van der Waals surface area contributed by atoms with Gasteiger partial charge in [-0.1, -0.05) is 30.3 Å². The van der Waals surface area contributed by atoms with Crippen LogP contribution in [-0.4, -0.2) is 18.5 Å². The van der Waals surface area contributed by atoms with Crippen LogP contribution in [0.5, 0.6) is 0 Å². The van der Waals surface area contributed by atoms with Crippen molar-refractivity contribution in [2.24, 2.45) is 11.5 Å². The first-order chi connectivity index (χ1) is 9.20. The van der Waals surface area contributed by atoms with Gasteiger partial charge in [0.15, 0.2) is 0 Å². The molecule has 1 amide bonds. The molecule has 0 spiro atoms. The van der Waals surface area contributed by atoms with E-state index in [-0.39, 0.29) is 5.91 Å². The second-order valence-corrected chi connectivity index (χ2v) is 4.59. The molecule has 2 aromatic carbocycles. The monoisotopic (exact) mass is 257 g/mol. The van der Waals surface area contributed by atoms with Crippen LogP contribution in [0.15, 0.2) is 42.5 Å². The van der Waals surface area contributed by atoms with Crippen molar-refractivity contribution in [3.8, 4) is 0 Å². The smallest absolute Gasteiger partial charge is 0.241 e. The number of fused-ring (bicyclic) bond motifs is 1. The first-order valence-corrected chi connectivity index (χ1v) is 6.46. The van der Waals surface area contributed by atoms with Gasteiger partial charge in [-0.2, -0.15) is 0 Å². The number of nitrogens with one attached hydrogen (secondary N) is 1. The lowest BCUT2D eigenvalue weighted by molar-refractivity contribution is -0.117. The largest absolute Gasteiger partial charge is 0.330 e. The molecule has 0 heterocycles. The van der Waals surface area contributed by atoms with Crippen molar-refractivity contribution < 1.29 is 4.79 Å². The van der Waals surface area contributed by atoms with Crippen LogP contribution in [0.25, 0.3) is 10.8 Å². The minimum absolute atomic E-state index is 0.163. The van der Waals surface area contributed by atoms with Crippen LogP contribution in [0.4, 0.5) is 5.69 Å². The highest BCUT2D eigenvalue weighted by Crippen LogP contribution is 2.18. The molecule has 0 bridgehead atoms. The highest BCUT2D eigenvalue weighted by Gasteiger charge is 2.12. The lowest BCUT2D eigenvalue weighted by Gasteiger charge is -2.12. The highest BCUT2D eigenvalue weighted by atomic mass is 16.2. The normalized spacial score (nSPS) is 12.3. The van der Waals surface area contributed by atoms with Gasteiger partial charge in [-0.15, -0.1) is 0 Å². The van der Waals surface area contributed by atoms with E-state index >= 15 is 0 Å². The number of amides is 1. The predicted octanol–water partition coefficient (Wildman–Crippen LogP) is 1.84. The Morgan fingerprint density at radius 3 is 2.63 bits per heavy atom.